The summed E-state index contributed by atoms with van der Waals surface area (Å²) in [5.41, 5.74) is 5.10. The third kappa shape index (κ3) is 3.36. The first kappa shape index (κ1) is 17.2. The summed E-state index contributed by atoms with van der Waals surface area (Å²) in [6.45, 7) is 0.607. The molecule has 0 amide bonds. The van der Waals surface area contributed by atoms with E-state index in [0.29, 0.717) is 12.2 Å². The minimum absolute atomic E-state index is 0.260. The molecule has 6 heteroatoms. The quantitative estimate of drug-likeness (QED) is 0.527. The third-order valence-corrected chi connectivity index (χ3v) is 4.84. The van der Waals surface area contributed by atoms with Gasteiger partial charge in [0.15, 0.2) is 0 Å². The lowest BCUT2D eigenvalue weighted by Gasteiger charge is -2.07. The smallest absolute Gasteiger partial charge is 0.339 e. The van der Waals surface area contributed by atoms with E-state index in [2.05, 4.69) is 15.0 Å². The second-order valence-corrected chi connectivity index (χ2v) is 6.68. The summed E-state index contributed by atoms with van der Waals surface area (Å²) in [6, 6.07) is 19.1. The number of carbonyl (C=O) groups is 1. The Labute approximate surface area is 166 Å². The normalized spacial score (nSPS) is 13.7. The molecule has 1 aliphatic heterocycles. The molecule has 0 atom stereocenters. The number of pyridine rings is 1. The predicted molar refractivity (Wildman–Crippen MR) is 109 cm³/mol. The van der Waals surface area contributed by atoms with Crippen LogP contribution in [0, 0.1) is 0 Å². The average Bonchev–Trinajstić information content (AvgIpc) is 3.36. The van der Waals surface area contributed by atoms with Crippen LogP contribution in [0.15, 0.2) is 73.1 Å². The number of hydrogen-bond donors (Lipinski definition) is 1. The maximum Gasteiger partial charge on any atom is 0.339 e. The van der Waals surface area contributed by atoms with Gasteiger partial charge in [-0.05, 0) is 47.5 Å². The van der Waals surface area contributed by atoms with Crippen LogP contribution in [0.3, 0.4) is 0 Å². The molecule has 2 aromatic carbocycles. The highest BCUT2D eigenvalue weighted by molar-refractivity contribution is 6.27. The largest absolute Gasteiger partial charge is 0.486 e. The van der Waals surface area contributed by atoms with Crippen molar-refractivity contribution in [2.45, 2.75) is 6.61 Å². The molecule has 29 heavy (non-hydrogen) atoms. The van der Waals surface area contributed by atoms with Crippen molar-refractivity contribution in [2.24, 2.45) is 0 Å². The second-order valence-electron chi connectivity index (χ2n) is 6.68. The molecule has 6 nitrogen and oxygen atoms in total. The van der Waals surface area contributed by atoms with Crippen molar-refractivity contribution in [1.29, 1.82) is 0 Å². The first-order chi connectivity index (χ1) is 14.3. The number of aromatic nitrogens is 3. The molecule has 0 radical (unpaired) electrons. The number of hydrogen-bond acceptors (Lipinski definition) is 5. The summed E-state index contributed by atoms with van der Waals surface area (Å²) in [5.74, 6) is 1.19. The zero-order valence-electron chi connectivity index (χ0n) is 15.5. The summed E-state index contributed by atoms with van der Waals surface area (Å²) in [7, 11) is 0. The van der Waals surface area contributed by atoms with Gasteiger partial charge in [0.05, 0.1) is 16.6 Å². The first-order valence-electron chi connectivity index (χ1n) is 9.25. The maximum atomic E-state index is 12.2. The van der Waals surface area contributed by atoms with Gasteiger partial charge < -0.3 is 14.5 Å². The van der Waals surface area contributed by atoms with Gasteiger partial charge in [0.2, 0.25) is 0 Å². The van der Waals surface area contributed by atoms with Crippen LogP contribution < -0.4 is 4.74 Å². The lowest BCUT2D eigenvalue weighted by atomic mass is 9.97. The molecule has 0 saturated carbocycles. The number of carbonyl (C=O) groups excluding carboxylic acids is 1. The molecular weight excluding hydrogens is 366 g/mol. The molecule has 5 rings (SSSR count). The molecule has 1 N–H and O–H groups in total. The Bertz CT molecular complexity index is 1180. The van der Waals surface area contributed by atoms with Crippen molar-refractivity contribution in [3.05, 3.63) is 90.0 Å². The molecule has 0 fully saturated rings. The van der Waals surface area contributed by atoms with Gasteiger partial charge in [-0.25, -0.2) is 9.78 Å². The number of para-hydroxylation sites is 2. The van der Waals surface area contributed by atoms with Gasteiger partial charge in [-0.15, -0.1) is 0 Å². The van der Waals surface area contributed by atoms with Gasteiger partial charge in [0, 0.05) is 18.0 Å². The number of nitrogens with one attached hydrogen (secondary N) is 1. The Hall–Kier alpha value is -3.93. The van der Waals surface area contributed by atoms with Gasteiger partial charge in [0.25, 0.3) is 0 Å². The molecule has 1 aliphatic rings. The number of imidazole rings is 1. The molecule has 0 aliphatic carbocycles. The van der Waals surface area contributed by atoms with E-state index in [1.807, 2.05) is 60.7 Å². The molecule has 142 valence electrons. The van der Waals surface area contributed by atoms with E-state index < -0.39 is 0 Å². The van der Waals surface area contributed by atoms with E-state index in [4.69, 9.17) is 9.47 Å². The van der Waals surface area contributed by atoms with Gasteiger partial charge in [-0.3, -0.25) is 4.98 Å². The fourth-order valence-corrected chi connectivity index (χ4v) is 3.42. The average molecular weight is 383 g/mol. The SMILES string of the molecule is O=C1OCC(c2ccc(OCc3nc4ccccc4[nH]3)cc2)=C1c1ccncc1. The van der Waals surface area contributed by atoms with Crippen molar-refractivity contribution in [1.82, 2.24) is 15.0 Å². The Balaban J connectivity index is 1.35. The number of fused-ring (bicyclic) bond motifs is 1. The summed E-state index contributed by atoms with van der Waals surface area (Å²) in [6.07, 6.45) is 3.33. The third-order valence-electron chi connectivity index (χ3n) is 4.84. The molecule has 0 unspecified atom stereocenters. The highest BCUT2D eigenvalue weighted by atomic mass is 16.5. The van der Waals surface area contributed by atoms with Crippen LogP contribution >= 0.6 is 0 Å². The highest BCUT2D eigenvalue weighted by Gasteiger charge is 2.27. The summed E-state index contributed by atoms with van der Waals surface area (Å²) >= 11 is 0. The van der Waals surface area contributed by atoms with Crippen molar-refractivity contribution >= 4 is 28.1 Å². The monoisotopic (exact) mass is 383 g/mol. The number of esters is 1. The minimum Gasteiger partial charge on any atom is -0.486 e. The van der Waals surface area contributed by atoms with Crippen molar-refractivity contribution in [2.75, 3.05) is 6.61 Å². The fraction of sp³-hybridized carbons (Fsp3) is 0.0870. The number of cyclic esters (lactones) is 1. The molecule has 0 bridgehead atoms. The number of rotatable bonds is 5. The molecule has 0 saturated heterocycles. The van der Waals surface area contributed by atoms with Crippen LogP contribution in [0.1, 0.15) is 17.0 Å². The number of benzene rings is 2. The minimum atomic E-state index is -0.309. The first-order valence-corrected chi connectivity index (χ1v) is 9.25. The Morgan fingerprint density at radius 1 is 0.966 bits per heavy atom. The zero-order chi connectivity index (χ0) is 19.6. The van der Waals surface area contributed by atoms with Crippen LogP contribution in [0.25, 0.3) is 22.2 Å². The fourth-order valence-electron chi connectivity index (χ4n) is 3.42. The molecule has 0 spiro atoms. The highest BCUT2D eigenvalue weighted by Crippen LogP contribution is 2.33. The van der Waals surface area contributed by atoms with Crippen LogP contribution in [0.4, 0.5) is 0 Å². The van der Waals surface area contributed by atoms with Crippen LogP contribution in [-0.2, 0) is 16.1 Å². The van der Waals surface area contributed by atoms with Crippen molar-refractivity contribution in [3.8, 4) is 5.75 Å². The number of nitrogens with zero attached hydrogens (tertiary/aromatic N) is 2. The standard InChI is InChI=1S/C23H17N3O3/c27-23-22(16-9-11-24-12-10-16)18(13-29-23)15-5-7-17(8-6-15)28-14-21-25-19-3-1-2-4-20(19)26-21/h1-12H,13-14H2,(H,25,26). The van der Waals surface area contributed by atoms with Crippen molar-refractivity contribution in [3.63, 3.8) is 0 Å². The van der Waals surface area contributed by atoms with Crippen LogP contribution in [0.2, 0.25) is 0 Å². The lowest BCUT2D eigenvalue weighted by molar-refractivity contribution is -0.133. The van der Waals surface area contributed by atoms with Gasteiger partial charge in [-0.2, -0.15) is 0 Å². The lowest BCUT2D eigenvalue weighted by Crippen LogP contribution is -1.98. The molecule has 2 aromatic heterocycles. The van der Waals surface area contributed by atoms with E-state index in [9.17, 15) is 4.79 Å². The van der Waals surface area contributed by atoms with E-state index in [1.54, 1.807) is 12.4 Å². The second kappa shape index (κ2) is 7.24. The number of H-pyrrole nitrogens is 1. The Morgan fingerprint density at radius 3 is 2.55 bits per heavy atom. The Kier molecular flexibility index (Phi) is 4.29. The van der Waals surface area contributed by atoms with E-state index in [1.165, 1.54) is 0 Å². The van der Waals surface area contributed by atoms with Gasteiger partial charge in [0.1, 0.15) is 24.8 Å². The summed E-state index contributed by atoms with van der Waals surface area (Å²) in [5, 5.41) is 0. The maximum absolute atomic E-state index is 12.2. The number of aromatic amines is 1. The van der Waals surface area contributed by atoms with E-state index >= 15 is 0 Å². The zero-order valence-corrected chi connectivity index (χ0v) is 15.5. The summed E-state index contributed by atoms with van der Waals surface area (Å²) < 4.78 is 11.1. The molecule has 3 heterocycles. The molecule has 4 aromatic rings. The van der Waals surface area contributed by atoms with Gasteiger partial charge in [-0.1, -0.05) is 24.3 Å². The van der Waals surface area contributed by atoms with Crippen molar-refractivity contribution < 1.29 is 14.3 Å². The molecular formula is C23H17N3O3. The van der Waals surface area contributed by atoms with Gasteiger partial charge >= 0.3 is 5.97 Å². The van der Waals surface area contributed by atoms with E-state index in [0.717, 1.165) is 39.3 Å². The topological polar surface area (TPSA) is 77.1 Å². The predicted octanol–water partition coefficient (Wildman–Crippen LogP) is 4.00. The van der Waals surface area contributed by atoms with Crippen LogP contribution in [0.5, 0.6) is 5.75 Å². The summed E-state index contributed by atoms with van der Waals surface area (Å²) in [4.78, 5) is 24.0. The number of ether oxygens (including phenoxy) is 2. The Morgan fingerprint density at radius 2 is 1.76 bits per heavy atom. The van der Waals surface area contributed by atoms with Crippen LogP contribution in [-0.4, -0.2) is 27.5 Å². The van der Waals surface area contributed by atoms with E-state index in [-0.39, 0.29) is 12.6 Å².